The lowest BCUT2D eigenvalue weighted by atomic mass is 9.95. The van der Waals surface area contributed by atoms with Gasteiger partial charge in [-0.2, -0.15) is 0 Å². The number of ether oxygens (including phenoxy) is 2. The number of nitrogens with one attached hydrogen (secondary N) is 1. The zero-order chi connectivity index (χ0) is 18.0. The monoisotopic (exact) mass is 379 g/mol. The lowest BCUT2D eigenvalue weighted by Crippen LogP contribution is -2.32. The average Bonchev–Trinajstić information content (AvgIpc) is 2.58. The summed E-state index contributed by atoms with van der Waals surface area (Å²) in [4.78, 5) is 12.6. The second-order valence-electron chi connectivity index (χ2n) is 6.26. The van der Waals surface area contributed by atoms with E-state index >= 15 is 0 Å². The molecule has 1 atom stereocenters. The van der Waals surface area contributed by atoms with Crippen LogP contribution in [0.15, 0.2) is 36.4 Å². The number of benzene rings is 2. The predicted molar refractivity (Wildman–Crippen MR) is 98.9 cm³/mol. The zero-order valence-corrected chi connectivity index (χ0v) is 15.5. The summed E-state index contributed by atoms with van der Waals surface area (Å²) in [6.07, 6.45) is 0. The van der Waals surface area contributed by atoms with E-state index in [1.807, 2.05) is 32.0 Å². The van der Waals surface area contributed by atoms with Crippen molar-refractivity contribution in [2.75, 3.05) is 13.2 Å². The Morgan fingerprint density at radius 1 is 1.00 bits per heavy atom. The van der Waals surface area contributed by atoms with E-state index in [-0.39, 0.29) is 17.9 Å². The highest BCUT2D eigenvalue weighted by molar-refractivity contribution is 6.35. The maximum absolute atomic E-state index is 12.6. The Kier molecular flexibility index (Phi) is 5.40. The van der Waals surface area contributed by atoms with E-state index in [0.29, 0.717) is 34.6 Å². The van der Waals surface area contributed by atoms with Crippen LogP contribution in [0.25, 0.3) is 0 Å². The van der Waals surface area contributed by atoms with Gasteiger partial charge in [0.2, 0.25) is 0 Å². The molecule has 1 aliphatic heterocycles. The van der Waals surface area contributed by atoms with Crippen molar-refractivity contribution in [3.05, 3.63) is 57.6 Å². The number of halogens is 2. The molecule has 0 radical (unpaired) electrons. The molecule has 1 N–H and O–H groups in total. The summed E-state index contributed by atoms with van der Waals surface area (Å²) in [5.41, 5.74) is 1.39. The van der Waals surface area contributed by atoms with Gasteiger partial charge in [-0.1, -0.05) is 43.1 Å². The molecule has 1 aliphatic rings. The summed E-state index contributed by atoms with van der Waals surface area (Å²) >= 11 is 12.0. The van der Waals surface area contributed by atoms with Crippen LogP contribution in [0.5, 0.6) is 11.5 Å². The molecule has 132 valence electrons. The third-order valence-corrected chi connectivity index (χ3v) is 4.44. The Balaban J connectivity index is 1.85. The van der Waals surface area contributed by atoms with Crippen LogP contribution in [-0.4, -0.2) is 19.1 Å². The van der Waals surface area contributed by atoms with Gasteiger partial charge in [0.1, 0.15) is 13.2 Å². The van der Waals surface area contributed by atoms with Crippen LogP contribution < -0.4 is 14.8 Å². The topological polar surface area (TPSA) is 47.6 Å². The number of amides is 1. The SMILES string of the molecule is CC(C)C(NC(=O)c1cc(Cl)cc(Cl)c1)c1ccc2c(c1)OCCO2. The van der Waals surface area contributed by atoms with Gasteiger partial charge < -0.3 is 14.8 Å². The molecule has 2 aromatic carbocycles. The summed E-state index contributed by atoms with van der Waals surface area (Å²) < 4.78 is 11.2. The maximum Gasteiger partial charge on any atom is 0.251 e. The smallest absolute Gasteiger partial charge is 0.251 e. The summed E-state index contributed by atoms with van der Waals surface area (Å²) in [7, 11) is 0. The van der Waals surface area contributed by atoms with Crippen molar-refractivity contribution < 1.29 is 14.3 Å². The number of rotatable bonds is 4. The van der Waals surface area contributed by atoms with E-state index in [2.05, 4.69) is 5.32 Å². The first-order chi connectivity index (χ1) is 11.9. The van der Waals surface area contributed by atoms with Crippen molar-refractivity contribution in [2.45, 2.75) is 19.9 Å². The van der Waals surface area contributed by atoms with E-state index in [0.717, 1.165) is 11.3 Å². The molecular formula is C19H19Cl2NO3. The summed E-state index contributed by atoms with van der Waals surface area (Å²) in [5, 5.41) is 3.92. The number of hydrogen-bond acceptors (Lipinski definition) is 3. The molecule has 25 heavy (non-hydrogen) atoms. The minimum atomic E-state index is -0.224. The molecule has 1 unspecified atom stereocenters. The number of fused-ring (bicyclic) bond motifs is 1. The standard InChI is InChI=1S/C19H19Cl2NO3/c1-11(2)18(12-3-4-16-17(9-12)25-6-5-24-16)22-19(23)13-7-14(20)10-15(21)8-13/h3-4,7-11,18H,5-6H2,1-2H3,(H,22,23). The first kappa shape index (κ1) is 17.9. The van der Waals surface area contributed by atoms with Crippen molar-refractivity contribution in [3.8, 4) is 11.5 Å². The van der Waals surface area contributed by atoms with Crippen LogP contribution in [0.3, 0.4) is 0 Å². The molecule has 4 nitrogen and oxygen atoms in total. The average molecular weight is 380 g/mol. The molecule has 0 aromatic heterocycles. The van der Waals surface area contributed by atoms with Gasteiger partial charge in [0.25, 0.3) is 5.91 Å². The van der Waals surface area contributed by atoms with Gasteiger partial charge in [-0.05, 0) is 41.8 Å². The molecule has 0 aliphatic carbocycles. The van der Waals surface area contributed by atoms with Gasteiger partial charge in [0, 0.05) is 15.6 Å². The van der Waals surface area contributed by atoms with Gasteiger partial charge in [0.15, 0.2) is 11.5 Å². The highest BCUT2D eigenvalue weighted by atomic mass is 35.5. The molecule has 0 spiro atoms. The van der Waals surface area contributed by atoms with Crippen LogP contribution in [-0.2, 0) is 0 Å². The second kappa shape index (κ2) is 7.54. The van der Waals surface area contributed by atoms with Gasteiger partial charge in [-0.15, -0.1) is 0 Å². The highest BCUT2D eigenvalue weighted by Crippen LogP contribution is 2.34. The molecule has 1 heterocycles. The van der Waals surface area contributed by atoms with Crippen LogP contribution in [0.1, 0.15) is 35.8 Å². The quantitative estimate of drug-likeness (QED) is 0.822. The number of carbonyl (C=O) groups excluding carboxylic acids is 1. The maximum atomic E-state index is 12.6. The molecule has 6 heteroatoms. The lowest BCUT2D eigenvalue weighted by Gasteiger charge is -2.25. The Bertz CT molecular complexity index is 772. The highest BCUT2D eigenvalue weighted by Gasteiger charge is 2.22. The first-order valence-electron chi connectivity index (χ1n) is 8.10. The van der Waals surface area contributed by atoms with E-state index < -0.39 is 0 Å². The van der Waals surface area contributed by atoms with Gasteiger partial charge in [-0.25, -0.2) is 0 Å². The minimum Gasteiger partial charge on any atom is -0.486 e. The van der Waals surface area contributed by atoms with Crippen molar-refractivity contribution in [3.63, 3.8) is 0 Å². The summed E-state index contributed by atoms with van der Waals surface area (Å²) in [5.74, 6) is 1.39. The number of hydrogen-bond donors (Lipinski definition) is 1. The van der Waals surface area contributed by atoms with Crippen LogP contribution in [0, 0.1) is 5.92 Å². The van der Waals surface area contributed by atoms with Crippen molar-refractivity contribution in [1.82, 2.24) is 5.32 Å². The molecule has 2 aromatic rings. The van der Waals surface area contributed by atoms with Crippen molar-refractivity contribution in [1.29, 1.82) is 0 Å². The molecule has 0 fully saturated rings. The molecular weight excluding hydrogens is 361 g/mol. The third-order valence-electron chi connectivity index (χ3n) is 4.00. The Hall–Kier alpha value is -1.91. The van der Waals surface area contributed by atoms with Gasteiger partial charge in [0.05, 0.1) is 6.04 Å². The molecule has 0 bridgehead atoms. The Morgan fingerprint density at radius 2 is 1.64 bits per heavy atom. The first-order valence-corrected chi connectivity index (χ1v) is 8.86. The van der Waals surface area contributed by atoms with Gasteiger partial charge in [-0.3, -0.25) is 4.79 Å². The van der Waals surface area contributed by atoms with E-state index in [1.165, 1.54) is 0 Å². The molecule has 0 saturated carbocycles. The lowest BCUT2D eigenvalue weighted by molar-refractivity contribution is 0.0925. The predicted octanol–water partition coefficient (Wildman–Crippen LogP) is 4.89. The normalized spacial score (nSPS) is 14.3. The Labute approximate surface area is 157 Å². The van der Waals surface area contributed by atoms with E-state index in [4.69, 9.17) is 32.7 Å². The van der Waals surface area contributed by atoms with Crippen molar-refractivity contribution in [2.24, 2.45) is 5.92 Å². The molecule has 1 amide bonds. The van der Waals surface area contributed by atoms with Crippen molar-refractivity contribution >= 4 is 29.1 Å². The fourth-order valence-electron chi connectivity index (χ4n) is 2.80. The summed E-state index contributed by atoms with van der Waals surface area (Å²) in [6.45, 7) is 5.17. The number of carbonyl (C=O) groups is 1. The molecule has 3 rings (SSSR count). The second-order valence-corrected chi connectivity index (χ2v) is 7.13. The van der Waals surface area contributed by atoms with Gasteiger partial charge >= 0.3 is 0 Å². The largest absolute Gasteiger partial charge is 0.486 e. The van der Waals surface area contributed by atoms with Crippen LogP contribution in [0.4, 0.5) is 0 Å². The fraction of sp³-hybridized carbons (Fsp3) is 0.316. The van der Waals surface area contributed by atoms with Crippen LogP contribution >= 0.6 is 23.2 Å². The third kappa shape index (κ3) is 4.20. The molecule has 0 saturated heterocycles. The minimum absolute atomic E-state index is 0.180. The zero-order valence-electron chi connectivity index (χ0n) is 14.0. The van der Waals surface area contributed by atoms with E-state index in [1.54, 1.807) is 18.2 Å². The Morgan fingerprint density at radius 3 is 2.28 bits per heavy atom. The fourth-order valence-corrected chi connectivity index (χ4v) is 3.32. The van der Waals surface area contributed by atoms with Crippen LogP contribution in [0.2, 0.25) is 10.0 Å². The van der Waals surface area contributed by atoms with E-state index in [9.17, 15) is 4.79 Å². The summed E-state index contributed by atoms with van der Waals surface area (Å²) in [6, 6.07) is 10.4.